The monoisotopic (exact) mass is 427 g/mol. The third-order valence-electron chi connectivity index (χ3n) is 5.29. The van der Waals surface area contributed by atoms with Crippen LogP contribution < -0.4 is 5.32 Å². The summed E-state index contributed by atoms with van der Waals surface area (Å²) < 4.78 is 0. The predicted molar refractivity (Wildman–Crippen MR) is 121 cm³/mol. The molecule has 0 fully saturated rings. The van der Waals surface area contributed by atoms with Crippen molar-refractivity contribution in [1.29, 1.82) is 0 Å². The van der Waals surface area contributed by atoms with Crippen molar-refractivity contribution < 1.29 is 9.90 Å². The highest BCUT2D eigenvalue weighted by Crippen LogP contribution is 2.39. The number of aromatic nitrogens is 2. The first-order chi connectivity index (χ1) is 14.2. The molecule has 0 spiro atoms. The van der Waals surface area contributed by atoms with E-state index < -0.39 is 12.0 Å². The van der Waals surface area contributed by atoms with Crippen LogP contribution in [0, 0.1) is 0 Å². The summed E-state index contributed by atoms with van der Waals surface area (Å²) in [7, 11) is 0. The van der Waals surface area contributed by atoms with Gasteiger partial charge in [0.25, 0.3) is 0 Å². The van der Waals surface area contributed by atoms with E-state index in [1.165, 1.54) is 23.3 Å². The summed E-state index contributed by atoms with van der Waals surface area (Å²) in [5.41, 5.74) is 2.47. The maximum Gasteiger partial charge on any atom is 0.326 e. The predicted octanol–water partition coefficient (Wildman–Crippen LogP) is 4.78. The van der Waals surface area contributed by atoms with Gasteiger partial charge in [0, 0.05) is 11.3 Å². The molecule has 0 aliphatic heterocycles. The van der Waals surface area contributed by atoms with E-state index in [1.54, 1.807) is 23.1 Å². The van der Waals surface area contributed by atoms with Crippen molar-refractivity contribution in [2.24, 2.45) is 0 Å². The molecule has 3 aromatic rings. The van der Waals surface area contributed by atoms with Crippen molar-refractivity contribution in [3.63, 3.8) is 0 Å². The van der Waals surface area contributed by atoms with Crippen LogP contribution in [0.3, 0.4) is 0 Å². The molecule has 2 heterocycles. The van der Waals surface area contributed by atoms with Gasteiger partial charge in [0.2, 0.25) is 0 Å². The summed E-state index contributed by atoms with van der Waals surface area (Å²) in [6.07, 6.45) is 7.66. The second-order valence-electron chi connectivity index (χ2n) is 7.36. The Balaban J connectivity index is 1.76. The van der Waals surface area contributed by atoms with Crippen LogP contribution in [0.15, 0.2) is 30.3 Å². The third-order valence-corrected chi connectivity index (χ3v) is 7.12. The fourth-order valence-corrected chi connectivity index (χ4v) is 5.57. The van der Waals surface area contributed by atoms with Crippen molar-refractivity contribution >= 4 is 45.1 Å². The largest absolute Gasteiger partial charge is 0.480 e. The number of hydrogen-bond acceptors (Lipinski definition) is 6. The minimum atomic E-state index is -0.834. The van der Waals surface area contributed by atoms with E-state index in [2.05, 4.69) is 17.4 Å². The average Bonchev–Trinajstić information content (AvgIpc) is 3.10. The molecule has 7 heteroatoms. The van der Waals surface area contributed by atoms with Gasteiger partial charge < -0.3 is 10.4 Å². The number of benzene rings is 1. The highest BCUT2D eigenvalue weighted by atomic mass is 32.2. The highest BCUT2D eigenvalue weighted by molar-refractivity contribution is 7.98. The van der Waals surface area contributed by atoms with E-state index in [4.69, 9.17) is 9.97 Å². The van der Waals surface area contributed by atoms with Gasteiger partial charge in [-0.1, -0.05) is 30.3 Å². The maximum absolute atomic E-state index is 11.8. The Bertz CT molecular complexity index is 1000. The van der Waals surface area contributed by atoms with E-state index >= 15 is 0 Å². The lowest BCUT2D eigenvalue weighted by atomic mass is 9.97. The molecule has 152 valence electrons. The zero-order chi connectivity index (χ0) is 20.2. The van der Waals surface area contributed by atoms with Crippen molar-refractivity contribution in [3.05, 3.63) is 52.2 Å². The smallest absolute Gasteiger partial charge is 0.326 e. The Hall–Kier alpha value is -2.12. The first-order valence-corrected chi connectivity index (χ1v) is 12.2. The topological polar surface area (TPSA) is 75.1 Å². The second-order valence-corrected chi connectivity index (χ2v) is 9.43. The molecule has 0 amide bonds. The van der Waals surface area contributed by atoms with E-state index in [0.717, 1.165) is 40.2 Å². The molecular weight excluding hydrogens is 402 g/mol. The standard InChI is InChI=1S/C22H25N3O2S2/c1-28-12-11-16(22(26)27)23-20-19-15-9-5-6-10-17(15)29-21(19)25-18(24-20)13-14-7-3-2-4-8-14/h2-4,7-8,16H,5-6,9-13H2,1H3,(H,26,27)(H,23,24,25)/t16-/m1/s1. The lowest BCUT2D eigenvalue weighted by Crippen LogP contribution is -2.30. The average molecular weight is 428 g/mol. The van der Waals surface area contributed by atoms with Gasteiger partial charge in [0.05, 0.1) is 5.39 Å². The van der Waals surface area contributed by atoms with Gasteiger partial charge in [0.1, 0.15) is 22.5 Å². The number of anilines is 1. The van der Waals surface area contributed by atoms with Crippen LogP contribution >= 0.6 is 23.1 Å². The fraction of sp³-hybridized carbons (Fsp3) is 0.409. The number of thioether (sulfide) groups is 1. The van der Waals surface area contributed by atoms with E-state index in [-0.39, 0.29) is 0 Å². The third kappa shape index (κ3) is 4.56. The second kappa shape index (κ2) is 9.13. The van der Waals surface area contributed by atoms with Crippen molar-refractivity contribution in [1.82, 2.24) is 9.97 Å². The summed E-state index contributed by atoms with van der Waals surface area (Å²) >= 11 is 3.41. The first kappa shape index (κ1) is 20.2. The van der Waals surface area contributed by atoms with Crippen LogP contribution in [0.4, 0.5) is 5.82 Å². The highest BCUT2D eigenvalue weighted by Gasteiger charge is 2.24. The number of aryl methyl sites for hydroxylation is 2. The zero-order valence-corrected chi connectivity index (χ0v) is 18.1. The zero-order valence-electron chi connectivity index (χ0n) is 16.5. The summed E-state index contributed by atoms with van der Waals surface area (Å²) in [5.74, 6) is 1.38. The molecule has 1 aliphatic rings. The maximum atomic E-state index is 11.8. The molecule has 0 saturated heterocycles. The lowest BCUT2D eigenvalue weighted by molar-refractivity contribution is -0.137. The fourth-order valence-electron chi connectivity index (χ4n) is 3.82. The van der Waals surface area contributed by atoms with Crippen LogP contribution in [0.2, 0.25) is 0 Å². The van der Waals surface area contributed by atoms with Crippen molar-refractivity contribution in [3.8, 4) is 0 Å². The Morgan fingerprint density at radius 3 is 2.79 bits per heavy atom. The van der Waals surface area contributed by atoms with Gasteiger partial charge in [-0.05, 0) is 55.2 Å². The molecule has 2 aromatic heterocycles. The van der Waals surface area contributed by atoms with Crippen LogP contribution in [-0.4, -0.2) is 39.1 Å². The Kier molecular flexibility index (Phi) is 6.35. The number of fused-ring (bicyclic) bond motifs is 3. The Morgan fingerprint density at radius 2 is 2.03 bits per heavy atom. The molecule has 29 heavy (non-hydrogen) atoms. The van der Waals surface area contributed by atoms with Gasteiger partial charge in [-0.3, -0.25) is 0 Å². The van der Waals surface area contributed by atoms with Gasteiger partial charge in [-0.25, -0.2) is 14.8 Å². The number of thiophene rings is 1. The molecule has 1 aliphatic carbocycles. The van der Waals surface area contributed by atoms with E-state index in [9.17, 15) is 9.90 Å². The summed E-state index contributed by atoms with van der Waals surface area (Å²) in [5, 5.41) is 14.0. The summed E-state index contributed by atoms with van der Waals surface area (Å²) in [6, 6.07) is 9.51. The molecule has 1 aromatic carbocycles. The number of rotatable bonds is 8. The number of carboxylic acid groups (broad SMARTS) is 1. The molecule has 0 unspecified atom stereocenters. The molecule has 1 atom stereocenters. The molecule has 4 rings (SSSR count). The minimum absolute atomic E-state index is 0.558. The number of nitrogens with one attached hydrogen (secondary N) is 1. The first-order valence-electron chi connectivity index (χ1n) is 9.99. The lowest BCUT2D eigenvalue weighted by Gasteiger charge is -2.17. The molecule has 0 bridgehead atoms. The van der Waals surface area contributed by atoms with Gasteiger partial charge in [-0.2, -0.15) is 11.8 Å². The molecule has 2 N–H and O–H groups in total. The minimum Gasteiger partial charge on any atom is -0.480 e. The summed E-state index contributed by atoms with van der Waals surface area (Å²) in [6.45, 7) is 0. The summed E-state index contributed by atoms with van der Waals surface area (Å²) in [4.78, 5) is 23.9. The molecule has 0 saturated carbocycles. The van der Waals surface area contributed by atoms with Crippen LogP contribution in [0.1, 0.15) is 41.1 Å². The quantitative estimate of drug-likeness (QED) is 0.539. The Morgan fingerprint density at radius 1 is 1.24 bits per heavy atom. The van der Waals surface area contributed by atoms with E-state index in [1.807, 2.05) is 24.5 Å². The van der Waals surface area contributed by atoms with Crippen molar-refractivity contribution in [2.75, 3.05) is 17.3 Å². The molecule has 5 nitrogen and oxygen atoms in total. The van der Waals surface area contributed by atoms with Crippen LogP contribution in [0.25, 0.3) is 10.2 Å². The number of carbonyl (C=O) groups is 1. The molecular formula is C22H25N3O2S2. The number of hydrogen-bond donors (Lipinski definition) is 2. The van der Waals surface area contributed by atoms with Crippen LogP contribution in [-0.2, 0) is 24.1 Å². The van der Waals surface area contributed by atoms with Gasteiger partial charge in [0.15, 0.2) is 0 Å². The number of nitrogens with zero attached hydrogens (tertiary/aromatic N) is 2. The van der Waals surface area contributed by atoms with E-state index in [0.29, 0.717) is 18.7 Å². The Labute approximate surface area is 179 Å². The SMILES string of the molecule is CSCC[C@@H](Nc1nc(Cc2ccccc2)nc2sc3c(c12)CCCC3)C(=O)O. The van der Waals surface area contributed by atoms with Crippen LogP contribution in [0.5, 0.6) is 0 Å². The molecule has 0 radical (unpaired) electrons. The number of carboxylic acids is 1. The van der Waals surface area contributed by atoms with Gasteiger partial charge >= 0.3 is 5.97 Å². The number of aliphatic carboxylic acids is 1. The van der Waals surface area contributed by atoms with Gasteiger partial charge in [-0.15, -0.1) is 11.3 Å². The van der Waals surface area contributed by atoms with Crippen molar-refractivity contribution in [2.45, 2.75) is 44.6 Å². The normalized spacial score (nSPS) is 14.5.